The molecule has 2 atom stereocenters. The Hall–Kier alpha value is -1.78. The van der Waals surface area contributed by atoms with E-state index in [0.29, 0.717) is 23.2 Å². The molecule has 26 heavy (non-hydrogen) atoms. The van der Waals surface area contributed by atoms with E-state index in [9.17, 15) is 9.59 Å². The molecule has 0 aromatic carbocycles. The van der Waals surface area contributed by atoms with E-state index in [2.05, 4.69) is 9.88 Å². The van der Waals surface area contributed by atoms with Crippen LogP contribution in [0, 0.1) is 31.6 Å². The van der Waals surface area contributed by atoms with Crippen LogP contribution < -0.4 is 0 Å². The Kier molecular flexibility index (Phi) is 4.36. The normalized spacial score (nSPS) is 30.0. The molecule has 2 aliphatic carbocycles. The fourth-order valence-electron chi connectivity index (χ4n) is 5.72. The molecule has 2 unspecified atom stereocenters. The summed E-state index contributed by atoms with van der Waals surface area (Å²) >= 11 is 0. The summed E-state index contributed by atoms with van der Waals surface area (Å²) in [7, 11) is 0. The number of carbonyl (C=O) groups excluding carboxylic acids is 2. The summed E-state index contributed by atoms with van der Waals surface area (Å²) in [6, 6.07) is 0.368. The number of aryl methyl sites for hydroxylation is 1. The molecule has 1 N–H and O–H groups in total. The maximum atomic E-state index is 13.4. The Morgan fingerprint density at radius 2 is 1.65 bits per heavy atom. The predicted octanol–water partition coefficient (Wildman–Crippen LogP) is 3.85. The minimum atomic E-state index is -0.346. The van der Waals surface area contributed by atoms with Gasteiger partial charge in [-0.05, 0) is 83.1 Å². The molecule has 4 aliphatic rings. The van der Waals surface area contributed by atoms with Gasteiger partial charge in [0.05, 0.1) is 11.7 Å². The number of rotatable bonds is 3. The first-order valence-corrected chi connectivity index (χ1v) is 10.0. The van der Waals surface area contributed by atoms with Gasteiger partial charge in [-0.2, -0.15) is 0 Å². The van der Waals surface area contributed by atoms with Gasteiger partial charge in [0, 0.05) is 18.3 Å². The van der Waals surface area contributed by atoms with Gasteiger partial charge in [0.25, 0.3) is 5.91 Å². The zero-order valence-corrected chi connectivity index (χ0v) is 16.3. The van der Waals surface area contributed by atoms with Crippen molar-refractivity contribution in [3.8, 4) is 0 Å². The van der Waals surface area contributed by atoms with Crippen LogP contribution in [-0.4, -0.2) is 40.5 Å². The lowest BCUT2D eigenvalue weighted by atomic mass is 9.68. The van der Waals surface area contributed by atoms with Crippen molar-refractivity contribution in [2.24, 2.45) is 17.8 Å². The largest absolute Gasteiger partial charge is 0.459 e. The Bertz CT molecular complexity index is 722. The van der Waals surface area contributed by atoms with Crippen LogP contribution >= 0.6 is 0 Å². The average Bonchev–Trinajstić information content (AvgIpc) is 2.70. The summed E-state index contributed by atoms with van der Waals surface area (Å²) in [5.41, 5.74) is 2.53. The van der Waals surface area contributed by atoms with Gasteiger partial charge in [-0.25, -0.2) is 4.79 Å². The predicted molar refractivity (Wildman–Crippen MR) is 99.2 cm³/mol. The number of hydrogen-bond acceptors (Lipinski definition) is 3. The molecule has 0 radical (unpaired) electrons. The summed E-state index contributed by atoms with van der Waals surface area (Å²) in [5, 5.41) is 0. The van der Waals surface area contributed by atoms with Crippen molar-refractivity contribution in [1.29, 1.82) is 0 Å². The molecule has 1 amide bonds. The van der Waals surface area contributed by atoms with Gasteiger partial charge in [-0.1, -0.05) is 0 Å². The molecule has 0 spiro atoms. The quantitative estimate of drug-likeness (QED) is 0.835. The molecule has 4 bridgehead atoms. The van der Waals surface area contributed by atoms with Gasteiger partial charge in [-0.15, -0.1) is 0 Å². The van der Waals surface area contributed by atoms with Crippen molar-refractivity contribution in [2.45, 2.75) is 71.9 Å². The molecular weight excluding hydrogens is 328 g/mol. The number of carbonyl (C=O) groups is 2. The number of esters is 1. The third-order valence-corrected chi connectivity index (χ3v) is 6.57. The lowest BCUT2D eigenvalue weighted by Crippen LogP contribution is -2.42. The minimum Gasteiger partial charge on any atom is -0.459 e. The average molecular weight is 358 g/mol. The fourth-order valence-corrected chi connectivity index (χ4v) is 5.72. The lowest BCUT2D eigenvalue weighted by molar-refractivity contribution is 0.0376. The molecule has 5 heteroatoms. The van der Waals surface area contributed by atoms with Crippen LogP contribution in [0.15, 0.2) is 0 Å². The standard InChI is InChI=1S/C21H30N2O3/c1-11(2)26-21(25)18-12(3)19(22-13(18)4)20(24)23-10-16-6-14-5-15(7-16)9-17(23)8-14/h11,14-17,22H,5-10H2,1-4H3. The number of nitrogens with one attached hydrogen (secondary N) is 1. The number of nitrogens with zero attached hydrogens (tertiary/aromatic N) is 1. The van der Waals surface area contributed by atoms with Crippen LogP contribution in [0.3, 0.4) is 0 Å². The van der Waals surface area contributed by atoms with E-state index in [1.54, 1.807) is 0 Å². The summed E-state index contributed by atoms with van der Waals surface area (Å²) < 4.78 is 5.36. The second-order valence-electron chi connectivity index (χ2n) is 8.97. The van der Waals surface area contributed by atoms with Crippen LogP contribution in [0.4, 0.5) is 0 Å². The van der Waals surface area contributed by atoms with Crippen LogP contribution in [-0.2, 0) is 4.74 Å². The van der Waals surface area contributed by atoms with E-state index in [0.717, 1.165) is 42.5 Å². The van der Waals surface area contributed by atoms with Gasteiger partial charge >= 0.3 is 5.97 Å². The highest BCUT2D eigenvalue weighted by molar-refractivity contribution is 6.00. The number of aromatic amines is 1. The molecule has 1 aromatic rings. The lowest BCUT2D eigenvalue weighted by Gasteiger charge is -2.38. The van der Waals surface area contributed by atoms with Crippen molar-refractivity contribution in [1.82, 2.24) is 9.88 Å². The second-order valence-corrected chi connectivity index (χ2v) is 8.97. The highest BCUT2D eigenvalue weighted by Crippen LogP contribution is 2.47. The van der Waals surface area contributed by atoms with Crippen LogP contribution in [0.5, 0.6) is 0 Å². The number of hydrogen-bond donors (Lipinski definition) is 1. The molecule has 3 heterocycles. The van der Waals surface area contributed by atoms with Crippen LogP contribution in [0.1, 0.15) is 78.1 Å². The van der Waals surface area contributed by atoms with Gasteiger partial charge in [0.15, 0.2) is 0 Å². The monoisotopic (exact) mass is 358 g/mol. The Labute approximate surface area is 155 Å². The summed E-state index contributed by atoms with van der Waals surface area (Å²) in [5.74, 6) is 1.97. The highest BCUT2D eigenvalue weighted by atomic mass is 16.5. The topological polar surface area (TPSA) is 62.4 Å². The van der Waals surface area contributed by atoms with Crippen molar-refractivity contribution in [2.75, 3.05) is 6.54 Å². The zero-order chi connectivity index (χ0) is 18.6. The van der Waals surface area contributed by atoms with Crippen LogP contribution in [0.25, 0.3) is 0 Å². The number of amides is 1. The van der Waals surface area contributed by atoms with Gasteiger partial charge in [0.1, 0.15) is 5.69 Å². The number of H-pyrrole nitrogens is 1. The number of aromatic nitrogens is 1. The molecular formula is C21H30N2O3. The first-order chi connectivity index (χ1) is 12.3. The molecule has 2 saturated carbocycles. The van der Waals surface area contributed by atoms with E-state index in [4.69, 9.17) is 4.74 Å². The van der Waals surface area contributed by atoms with Crippen molar-refractivity contribution < 1.29 is 14.3 Å². The molecule has 4 fully saturated rings. The Morgan fingerprint density at radius 3 is 2.27 bits per heavy atom. The Balaban J connectivity index is 1.62. The third-order valence-electron chi connectivity index (χ3n) is 6.57. The maximum absolute atomic E-state index is 13.4. The fraction of sp³-hybridized carbons (Fsp3) is 0.714. The summed E-state index contributed by atoms with van der Waals surface area (Å²) in [4.78, 5) is 31.1. The third kappa shape index (κ3) is 2.95. The molecule has 2 aliphatic heterocycles. The smallest absolute Gasteiger partial charge is 0.340 e. The van der Waals surface area contributed by atoms with E-state index < -0.39 is 0 Å². The first kappa shape index (κ1) is 17.6. The van der Waals surface area contributed by atoms with Crippen molar-refractivity contribution >= 4 is 11.9 Å². The van der Waals surface area contributed by atoms with E-state index in [1.807, 2.05) is 27.7 Å². The molecule has 2 saturated heterocycles. The Morgan fingerprint density at radius 1 is 1.04 bits per heavy atom. The van der Waals surface area contributed by atoms with Gasteiger partial charge in [-0.3, -0.25) is 4.79 Å². The van der Waals surface area contributed by atoms with E-state index in [1.165, 1.54) is 19.3 Å². The SMILES string of the molecule is Cc1[nH]c(C(=O)N2CC3CC4CC(C3)CC2C4)c(C)c1C(=O)OC(C)C. The summed E-state index contributed by atoms with van der Waals surface area (Å²) in [6.07, 6.45) is 6.06. The highest BCUT2D eigenvalue weighted by Gasteiger charge is 2.44. The first-order valence-electron chi connectivity index (χ1n) is 10.0. The molecule has 142 valence electrons. The van der Waals surface area contributed by atoms with E-state index in [-0.39, 0.29) is 18.0 Å². The molecule has 5 nitrogen and oxygen atoms in total. The number of fused-ring (bicyclic) bond motifs is 1. The summed E-state index contributed by atoms with van der Waals surface area (Å²) in [6.45, 7) is 8.25. The molecule has 5 rings (SSSR count). The van der Waals surface area contributed by atoms with Crippen molar-refractivity contribution in [3.05, 3.63) is 22.5 Å². The minimum absolute atomic E-state index is 0.0624. The zero-order valence-electron chi connectivity index (χ0n) is 16.3. The van der Waals surface area contributed by atoms with Gasteiger partial charge < -0.3 is 14.6 Å². The van der Waals surface area contributed by atoms with E-state index >= 15 is 0 Å². The molecule has 1 aromatic heterocycles. The van der Waals surface area contributed by atoms with Crippen LogP contribution in [0.2, 0.25) is 0 Å². The second kappa shape index (κ2) is 6.43. The number of ether oxygens (including phenoxy) is 1. The maximum Gasteiger partial charge on any atom is 0.340 e. The van der Waals surface area contributed by atoms with Gasteiger partial charge in [0.2, 0.25) is 0 Å². The van der Waals surface area contributed by atoms with Crippen molar-refractivity contribution in [3.63, 3.8) is 0 Å².